The van der Waals surface area contributed by atoms with E-state index in [1.165, 1.54) is 0 Å². The van der Waals surface area contributed by atoms with E-state index in [2.05, 4.69) is 0 Å². The predicted molar refractivity (Wildman–Crippen MR) is 23.4 cm³/mol. The molecule has 2 heteroatoms. The topological polar surface area (TPSA) is 0 Å². The first-order chi connectivity index (χ1) is 2.21. The van der Waals surface area contributed by atoms with Crippen molar-refractivity contribution in [1.29, 1.82) is 0 Å². The molecule has 0 aromatic carbocycles. The van der Waals surface area contributed by atoms with Crippen LogP contribution >= 0.6 is 23.2 Å². The van der Waals surface area contributed by atoms with Crippen LogP contribution in [0.4, 0.5) is 0 Å². The standard InChI is InChI=1S/C3H3Cl2/c4-3(5)1-2-3/h1H,2H2. The lowest BCUT2D eigenvalue weighted by Crippen LogP contribution is -1.73. The summed E-state index contributed by atoms with van der Waals surface area (Å²) in [5.41, 5.74) is 0. The fourth-order valence-electron chi connectivity index (χ4n) is 0.0772. The summed E-state index contributed by atoms with van der Waals surface area (Å²) < 4.78 is -0.431. The molecule has 0 amide bonds. The third-order valence-corrected chi connectivity index (χ3v) is 1.13. The monoisotopic (exact) mass is 109 g/mol. The summed E-state index contributed by atoms with van der Waals surface area (Å²) in [6.07, 6.45) is 2.70. The first-order valence-corrected chi connectivity index (χ1v) is 2.18. The molecule has 29 valence electrons. The van der Waals surface area contributed by atoms with Gasteiger partial charge in [-0.3, -0.25) is 0 Å². The van der Waals surface area contributed by atoms with E-state index in [9.17, 15) is 0 Å². The molecular weight excluding hydrogens is 107 g/mol. The van der Waals surface area contributed by atoms with Gasteiger partial charge in [-0.1, -0.05) is 0 Å². The highest BCUT2D eigenvalue weighted by Crippen LogP contribution is 2.44. The van der Waals surface area contributed by atoms with Gasteiger partial charge in [0.05, 0.1) is 0 Å². The molecule has 0 aromatic rings. The second-order valence-electron chi connectivity index (χ2n) is 1.17. The Morgan fingerprint density at radius 3 is 1.80 bits per heavy atom. The van der Waals surface area contributed by atoms with Crippen molar-refractivity contribution in [3.63, 3.8) is 0 Å². The summed E-state index contributed by atoms with van der Waals surface area (Å²) in [6, 6.07) is 0. The molecule has 0 heterocycles. The van der Waals surface area contributed by atoms with Crippen molar-refractivity contribution in [3.05, 3.63) is 6.42 Å². The van der Waals surface area contributed by atoms with Gasteiger partial charge in [-0.2, -0.15) is 0 Å². The first kappa shape index (κ1) is 3.76. The summed E-state index contributed by atoms with van der Waals surface area (Å²) in [5.74, 6) is 0. The SMILES string of the molecule is ClC1(Cl)[CH]C1. The summed E-state index contributed by atoms with van der Waals surface area (Å²) >= 11 is 10.7. The van der Waals surface area contributed by atoms with Gasteiger partial charge in [0, 0.05) is 6.42 Å². The molecule has 1 radical (unpaired) electrons. The summed E-state index contributed by atoms with van der Waals surface area (Å²) in [4.78, 5) is 0. The van der Waals surface area contributed by atoms with E-state index in [1.807, 2.05) is 6.42 Å². The summed E-state index contributed by atoms with van der Waals surface area (Å²) in [7, 11) is 0. The second-order valence-corrected chi connectivity index (χ2v) is 2.71. The zero-order valence-corrected chi connectivity index (χ0v) is 4.05. The van der Waals surface area contributed by atoms with Crippen LogP contribution in [0.3, 0.4) is 0 Å². The van der Waals surface area contributed by atoms with Crippen molar-refractivity contribution in [3.8, 4) is 0 Å². The molecular formula is C3H3Cl2. The van der Waals surface area contributed by atoms with E-state index in [0.717, 1.165) is 6.42 Å². The van der Waals surface area contributed by atoms with Crippen molar-refractivity contribution < 1.29 is 0 Å². The molecule has 1 rings (SSSR count). The Morgan fingerprint density at radius 2 is 1.80 bits per heavy atom. The molecule has 0 aliphatic heterocycles. The van der Waals surface area contributed by atoms with Gasteiger partial charge in [0.15, 0.2) is 0 Å². The maximum absolute atomic E-state index is 5.35. The average Bonchev–Trinajstić information content (AvgIpc) is 1.76. The van der Waals surface area contributed by atoms with Gasteiger partial charge in [0.2, 0.25) is 0 Å². The lowest BCUT2D eigenvalue weighted by molar-refractivity contribution is 1.38. The third kappa shape index (κ3) is 0.979. The second kappa shape index (κ2) is 0.797. The van der Waals surface area contributed by atoms with Gasteiger partial charge < -0.3 is 0 Å². The van der Waals surface area contributed by atoms with E-state index in [1.54, 1.807) is 0 Å². The van der Waals surface area contributed by atoms with Gasteiger partial charge >= 0.3 is 0 Å². The van der Waals surface area contributed by atoms with Crippen LogP contribution in [0.25, 0.3) is 0 Å². The summed E-state index contributed by atoms with van der Waals surface area (Å²) in [5, 5.41) is 0. The highest BCUT2D eigenvalue weighted by molar-refractivity contribution is 6.52. The maximum atomic E-state index is 5.35. The Hall–Kier alpha value is 0.580. The smallest absolute Gasteiger partial charge is 0.101 e. The molecule has 0 N–H and O–H groups in total. The Balaban J connectivity index is 2.38. The molecule has 0 saturated heterocycles. The van der Waals surface area contributed by atoms with E-state index >= 15 is 0 Å². The predicted octanol–water partition coefficient (Wildman–Crippen LogP) is 1.77. The molecule has 1 fully saturated rings. The fraction of sp³-hybridized carbons (Fsp3) is 0.667. The van der Waals surface area contributed by atoms with Crippen LogP contribution < -0.4 is 0 Å². The average molecular weight is 110 g/mol. The first-order valence-electron chi connectivity index (χ1n) is 1.43. The zero-order chi connectivity index (χ0) is 3.91. The Labute approximate surface area is 41.1 Å². The van der Waals surface area contributed by atoms with Gasteiger partial charge in [-0.05, 0) is 6.42 Å². The molecule has 0 atom stereocenters. The Kier molecular flexibility index (Phi) is 0.599. The fourth-order valence-corrected chi connectivity index (χ4v) is 0.231. The van der Waals surface area contributed by atoms with E-state index in [4.69, 9.17) is 23.2 Å². The molecule has 1 aliphatic carbocycles. The molecule has 0 bridgehead atoms. The molecule has 0 nitrogen and oxygen atoms in total. The van der Waals surface area contributed by atoms with Crippen molar-refractivity contribution >= 4 is 23.2 Å². The highest BCUT2D eigenvalue weighted by Gasteiger charge is 2.38. The van der Waals surface area contributed by atoms with Crippen molar-refractivity contribution in [1.82, 2.24) is 0 Å². The number of hydrogen-bond donors (Lipinski definition) is 0. The largest absolute Gasteiger partial charge is 0.122 e. The van der Waals surface area contributed by atoms with Crippen molar-refractivity contribution in [2.45, 2.75) is 10.8 Å². The van der Waals surface area contributed by atoms with E-state index in [-0.39, 0.29) is 0 Å². The van der Waals surface area contributed by atoms with Gasteiger partial charge in [-0.25, -0.2) is 0 Å². The minimum Gasteiger partial charge on any atom is -0.101 e. The van der Waals surface area contributed by atoms with Gasteiger partial charge in [0.25, 0.3) is 0 Å². The lowest BCUT2D eigenvalue weighted by atomic mass is 11.0. The normalized spacial score (nSPS) is 30.0. The van der Waals surface area contributed by atoms with E-state index in [0.29, 0.717) is 0 Å². The number of halogens is 2. The van der Waals surface area contributed by atoms with Crippen LogP contribution in [-0.2, 0) is 0 Å². The molecule has 0 spiro atoms. The molecule has 0 aromatic heterocycles. The van der Waals surface area contributed by atoms with Crippen LogP contribution in [0.15, 0.2) is 0 Å². The number of hydrogen-bond acceptors (Lipinski definition) is 0. The quantitative estimate of drug-likeness (QED) is 0.417. The minimum atomic E-state index is -0.431. The number of rotatable bonds is 0. The lowest BCUT2D eigenvalue weighted by Gasteiger charge is -1.78. The van der Waals surface area contributed by atoms with Crippen LogP contribution in [-0.4, -0.2) is 4.33 Å². The molecule has 5 heavy (non-hydrogen) atoms. The molecule has 1 aliphatic rings. The van der Waals surface area contributed by atoms with E-state index < -0.39 is 4.33 Å². The maximum Gasteiger partial charge on any atom is 0.122 e. The van der Waals surface area contributed by atoms with Gasteiger partial charge in [-0.15, -0.1) is 23.2 Å². The minimum absolute atomic E-state index is 0.431. The third-order valence-electron chi connectivity index (χ3n) is 0.513. The van der Waals surface area contributed by atoms with Crippen molar-refractivity contribution in [2.24, 2.45) is 0 Å². The van der Waals surface area contributed by atoms with Crippen LogP contribution in [0.5, 0.6) is 0 Å². The number of alkyl halides is 2. The highest BCUT2D eigenvalue weighted by atomic mass is 35.5. The van der Waals surface area contributed by atoms with Crippen LogP contribution in [0.2, 0.25) is 0 Å². The molecule has 1 saturated carbocycles. The Morgan fingerprint density at radius 1 is 1.60 bits per heavy atom. The zero-order valence-electron chi connectivity index (χ0n) is 2.54. The van der Waals surface area contributed by atoms with Crippen molar-refractivity contribution in [2.75, 3.05) is 0 Å². The Bertz CT molecular complexity index is 42.9. The van der Waals surface area contributed by atoms with Gasteiger partial charge in [0.1, 0.15) is 4.33 Å². The summed E-state index contributed by atoms with van der Waals surface area (Å²) in [6.45, 7) is 0. The van der Waals surface area contributed by atoms with Crippen LogP contribution in [0.1, 0.15) is 6.42 Å². The molecule has 0 unspecified atom stereocenters. The van der Waals surface area contributed by atoms with Crippen LogP contribution in [0, 0.1) is 6.42 Å².